The van der Waals surface area contributed by atoms with Crippen molar-refractivity contribution in [2.24, 2.45) is 10.8 Å². The molecule has 1 rings (SSSR count). The van der Waals surface area contributed by atoms with Crippen molar-refractivity contribution in [1.82, 2.24) is 5.43 Å². The number of carbonyl (C=O) groups is 1. The van der Waals surface area contributed by atoms with Crippen molar-refractivity contribution in [2.45, 2.75) is 0 Å². The molecular weight excluding hydrogens is 154 g/mol. The predicted octanol–water partition coefficient (Wildman–Crippen LogP) is 0.0570. The number of amides is 1. The molecule has 1 aliphatic heterocycles. The maximum atomic E-state index is 10.8. The third kappa shape index (κ3) is 1.82. The topological polar surface area (TPSA) is 67.5 Å². The Morgan fingerprint density at radius 3 is 3.08 bits per heavy atom. The number of hydrogen-bond donors (Lipinski definition) is 2. The molecule has 0 bridgehead atoms. The van der Waals surface area contributed by atoms with Crippen LogP contribution in [-0.4, -0.2) is 12.1 Å². The molecule has 1 amide bonds. The molecule has 1 heterocycles. The molecule has 0 aromatic heterocycles. The number of primary amides is 1. The fourth-order valence-electron chi connectivity index (χ4n) is 0.759. The number of nitrogens with one attached hydrogen (secondary N) is 1. The lowest BCUT2D eigenvalue weighted by Crippen LogP contribution is -2.17. The van der Waals surface area contributed by atoms with E-state index in [9.17, 15) is 4.79 Å². The van der Waals surface area contributed by atoms with Gasteiger partial charge in [0.25, 0.3) is 5.91 Å². The first-order chi connectivity index (χ1) is 5.72. The van der Waals surface area contributed by atoms with Crippen molar-refractivity contribution in [3.05, 3.63) is 36.1 Å². The highest BCUT2D eigenvalue weighted by Crippen LogP contribution is 2.07. The SMILES string of the molecule is C=C1/C=C\C=N/N/C=C\1C(N)=O. The molecule has 4 heteroatoms. The van der Waals surface area contributed by atoms with Crippen LogP contribution in [0.5, 0.6) is 0 Å². The molecule has 0 aromatic rings. The summed E-state index contributed by atoms with van der Waals surface area (Å²) in [6.07, 6.45) is 6.32. The standard InChI is InChI=1S/C8H9N3O/c1-6-3-2-4-10-11-5-7(6)8(9)12/h2-5,11H,1H2,(H2,9,12)/b3-2-,7-5+,10-4-. The zero-order chi connectivity index (χ0) is 8.97. The molecular formula is C8H9N3O. The first-order valence-electron chi connectivity index (χ1n) is 3.36. The monoisotopic (exact) mass is 163 g/mol. The Morgan fingerprint density at radius 2 is 2.42 bits per heavy atom. The normalized spacial score (nSPS) is 25.7. The Balaban J connectivity index is 2.97. The summed E-state index contributed by atoms with van der Waals surface area (Å²) in [5, 5.41) is 3.71. The third-order valence-corrected chi connectivity index (χ3v) is 1.35. The van der Waals surface area contributed by atoms with Gasteiger partial charge in [0.1, 0.15) is 0 Å². The van der Waals surface area contributed by atoms with Gasteiger partial charge in [-0.3, -0.25) is 10.2 Å². The van der Waals surface area contributed by atoms with Gasteiger partial charge in [-0.1, -0.05) is 12.7 Å². The summed E-state index contributed by atoms with van der Waals surface area (Å²) in [5.41, 5.74) is 8.53. The van der Waals surface area contributed by atoms with Crippen LogP contribution in [0.3, 0.4) is 0 Å². The van der Waals surface area contributed by atoms with Gasteiger partial charge in [0.05, 0.1) is 5.57 Å². The van der Waals surface area contributed by atoms with Gasteiger partial charge in [-0.05, 0) is 11.6 Å². The van der Waals surface area contributed by atoms with Crippen LogP contribution in [0.15, 0.2) is 41.2 Å². The molecule has 0 spiro atoms. The Hall–Kier alpha value is -1.84. The van der Waals surface area contributed by atoms with Crippen molar-refractivity contribution in [3.63, 3.8) is 0 Å². The van der Waals surface area contributed by atoms with Gasteiger partial charge < -0.3 is 5.73 Å². The smallest absolute Gasteiger partial charge is 0.250 e. The lowest BCUT2D eigenvalue weighted by Gasteiger charge is -2.03. The Labute approximate surface area is 70.1 Å². The lowest BCUT2D eigenvalue weighted by atomic mass is 10.1. The number of allylic oxidation sites excluding steroid dienone is 2. The van der Waals surface area contributed by atoms with E-state index in [1.807, 2.05) is 0 Å². The van der Waals surface area contributed by atoms with Gasteiger partial charge in [-0.25, -0.2) is 0 Å². The Kier molecular flexibility index (Phi) is 2.42. The highest BCUT2D eigenvalue weighted by atomic mass is 16.1. The largest absolute Gasteiger partial charge is 0.366 e. The van der Waals surface area contributed by atoms with Gasteiger partial charge in [-0.2, -0.15) is 5.10 Å². The highest BCUT2D eigenvalue weighted by molar-refractivity contribution is 5.97. The Morgan fingerprint density at radius 1 is 1.67 bits per heavy atom. The van der Waals surface area contributed by atoms with E-state index in [-0.39, 0.29) is 0 Å². The number of hydrogen-bond acceptors (Lipinski definition) is 3. The summed E-state index contributed by atoms with van der Waals surface area (Å²) >= 11 is 0. The summed E-state index contributed by atoms with van der Waals surface area (Å²) in [6, 6.07) is 0. The minimum Gasteiger partial charge on any atom is -0.366 e. The zero-order valence-electron chi connectivity index (χ0n) is 6.45. The predicted molar refractivity (Wildman–Crippen MR) is 47.2 cm³/mol. The number of rotatable bonds is 1. The molecule has 0 saturated heterocycles. The summed E-state index contributed by atoms with van der Waals surface area (Å²) in [6.45, 7) is 3.66. The van der Waals surface area contributed by atoms with Crippen LogP contribution in [0.1, 0.15) is 0 Å². The van der Waals surface area contributed by atoms with Gasteiger partial charge in [-0.15, -0.1) is 0 Å². The second kappa shape index (κ2) is 3.52. The average Bonchev–Trinajstić information content (AvgIpc) is 1.96. The molecule has 0 radical (unpaired) electrons. The van der Waals surface area contributed by atoms with E-state index < -0.39 is 5.91 Å². The van der Waals surface area contributed by atoms with Gasteiger partial charge >= 0.3 is 0 Å². The highest BCUT2D eigenvalue weighted by Gasteiger charge is 2.06. The van der Waals surface area contributed by atoms with Crippen LogP contribution >= 0.6 is 0 Å². The lowest BCUT2D eigenvalue weighted by molar-refractivity contribution is -0.114. The maximum Gasteiger partial charge on any atom is 0.250 e. The number of carbonyl (C=O) groups excluding carboxylic acids is 1. The van der Waals surface area contributed by atoms with Crippen LogP contribution in [0.4, 0.5) is 0 Å². The number of hydrazone groups is 1. The van der Waals surface area contributed by atoms with Crippen LogP contribution in [-0.2, 0) is 4.79 Å². The third-order valence-electron chi connectivity index (χ3n) is 1.35. The minimum atomic E-state index is -0.519. The van der Waals surface area contributed by atoms with E-state index in [4.69, 9.17) is 5.73 Å². The number of nitrogens with two attached hydrogens (primary N) is 1. The van der Waals surface area contributed by atoms with Crippen LogP contribution in [0.25, 0.3) is 0 Å². The first kappa shape index (κ1) is 8.26. The van der Waals surface area contributed by atoms with Crippen molar-refractivity contribution in [3.8, 4) is 0 Å². The molecule has 4 nitrogen and oxygen atoms in total. The van der Waals surface area contributed by atoms with E-state index in [1.54, 1.807) is 18.4 Å². The fourth-order valence-corrected chi connectivity index (χ4v) is 0.759. The Bertz CT molecular complexity index is 299. The zero-order valence-corrected chi connectivity index (χ0v) is 6.45. The summed E-state index contributed by atoms with van der Waals surface area (Å²) in [5.74, 6) is -0.519. The van der Waals surface area contributed by atoms with Crippen LogP contribution in [0.2, 0.25) is 0 Å². The van der Waals surface area contributed by atoms with Crippen molar-refractivity contribution < 1.29 is 4.79 Å². The fraction of sp³-hybridized carbons (Fsp3) is 0. The van der Waals surface area contributed by atoms with Crippen LogP contribution < -0.4 is 11.2 Å². The summed E-state index contributed by atoms with van der Waals surface area (Å²) < 4.78 is 0. The molecule has 12 heavy (non-hydrogen) atoms. The van der Waals surface area contributed by atoms with Crippen molar-refractivity contribution in [2.75, 3.05) is 0 Å². The van der Waals surface area contributed by atoms with Crippen molar-refractivity contribution >= 4 is 12.1 Å². The summed E-state index contributed by atoms with van der Waals surface area (Å²) in [7, 11) is 0. The maximum absolute atomic E-state index is 10.8. The molecule has 3 N–H and O–H groups in total. The van der Waals surface area contributed by atoms with E-state index in [0.717, 1.165) is 0 Å². The van der Waals surface area contributed by atoms with Crippen molar-refractivity contribution in [1.29, 1.82) is 0 Å². The van der Waals surface area contributed by atoms with E-state index in [0.29, 0.717) is 11.1 Å². The average molecular weight is 163 g/mol. The molecule has 62 valence electrons. The molecule has 0 aliphatic carbocycles. The number of nitrogens with zero attached hydrogens (tertiary/aromatic N) is 1. The minimum absolute atomic E-state index is 0.336. The molecule has 0 aromatic carbocycles. The van der Waals surface area contributed by atoms with Gasteiger partial charge in [0.2, 0.25) is 0 Å². The quantitative estimate of drug-likeness (QED) is 0.573. The van der Waals surface area contributed by atoms with E-state index >= 15 is 0 Å². The second-order valence-electron chi connectivity index (χ2n) is 2.21. The van der Waals surface area contributed by atoms with Gasteiger partial charge in [0.15, 0.2) is 0 Å². The van der Waals surface area contributed by atoms with Crippen LogP contribution in [0, 0.1) is 0 Å². The molecule has 0 fully saturated rings. The molecule has 0 unspecified atom stereocenters. The van der Waals surface area contributed by atoms with Gasteiger partial charge in [0, 0.05) is 12.4 Å². The second-order valence-corrected chi connectivity index (χ2v) is 2.21. The molecule has 0 saturated carbocycles. The van der Waals surface area contributed by atoms with E-state index in [1.165, 1.54) is 6.20 Å². The molecule has 0 atom stereocenters. The van der Waals surface area contributed by atoms with E-state index in [2.05, 4.69) is 17.1 Å². The summed E-state index contributed by atoms with van der Waals surface area (Å²) in [4.78, 5) is 10.8. The molecule has 1 aliphatic rings. The first-order valence-corrected chi connectivity index (χ1v) is 3.36.